The van der Waals surface area contributed by atoms with Gasteiger partial charge in [0.05, 0.1) is 12.0 Å². The van der Waals surface area contributed by atoms with Crippen molar-refractivity contribution in [2.24, 2.45) is 0 Å². The van der Waals surface area contributed by atoms with Gasteiger partial charge in [0.1, 0.15) is 6.54 Å². The van der Waals surface area contributed by atoms with Gasteiger partial charge in [-0.3, -0.25) is 9.59 Å². The zero-order chi connectivity index (χ0) is 19.9. The van der Waals surface area contributed by atoms with E-state index in [1.54, 1.807) is 30.3 Å². The molecule has 0 aliphatic rings. The Morgan fingerprint density at radius 3 is 2.41 bits per heavy atom. The molecule has 2 aromatic rings. The number of ether oxygens (including phenoxy) is 1. The van der Waals surface area contributed by atoms with Gasteiger partial charge in [-0.15, -0.1) is 0 Å². The normalized spacial score (nSPS) is 11.3. The molecule has 0 aliphatic carbocycles. The van der Waals surface area contributed by atoms with Gasteiger partial charge in [-0.2, -0.15) is 4.72 Å². The molecule has 142 valence electrons. The maximum atomic E-state index is 12.0. The molecule has 2 N–H and O–H groups in total. The van der Waals surface area contributed by atoms with Crippen LogP contribution in [0.15, 0.2) is 59.5 Å². The van der Waals surface area contributed by atoms with E-state index in [0.717, 1.165) is 7.11 Å². The molecule has 9 heteroatoms. The Morgan fingerprint density at radius 2 is 1.78 bits per heavy atom. The molecule has 2 rings (SSSR count). The number of nitrogens with one attached hydrogen (secondary N) is 2. The number of benzene rings is 2. The number of carbonyl (C=O) groups excluding carboxylic acids is 2. The molecule has 0 aromatic heterocycles. The minimum Gasteiger partial charge on any atom is -0.468 e. The van der Waals surface area contributed by atoms with Crippen molar-refractivity contribution in [2.75, 3.05) is 19.0 Å². The predicted molar refractivity (Wildman–Crippen MR) is 103 cm³/mol. The van der Waals surface area contributed by atoms with Crippen LogP contribution in [0, 0.1) is 0 Å². The van der Waals surface area contributed by atoms with Gasteiger partial charge in [0.2, 0.25) is 15.9 Å². The summed E-state index contributed by atoms with van der Waals surface area (Å²) >= 11 is 6.01. The Morgan fingerprint density at radius 1 is 1.11 bits per heavy atom. The molecule has 0 heterocycles. The average Bonchev–Trinajstić information content (AvgIpc) is 2.66. The molecule has 1 amide bonds. The number of amides is 1. The van der Waals surface area contributed by atoms with Gasteiger partial charge >= 0.3 is 5.97 Å². The van der Waals surface area contributed by atoms with Crippen LogP contribution < -0.4 is 10.0 Å². The SMILES string of the molecule is COC(=O)CNS(=O)(=O)c1ccc(NC(=O)/C=C/c2ccccc2Cl)cc1. The first-order chi connectivity index (χ1) is 12.8. The fourth-order valence-corrected chi connectivity index (χ4v) is 3.15. The molecule has 0 unspecified atom stereocenters. The molecular weight excluding hydrogens is 392 g/mol. The third-order valence-corrected chi connectivity index (χ3v) is 5.15. The molecule has 0 saturated heterocycles. The predicted octanol–water partition coefficient (Wildman–Crippen LogP) is 2.44. The van der Waals surface area contributed by atoms with Gasteiger partial charge in [-0.1, -0.05) is 29.8 Å². The van der Waals surface area contributed by atoms with Crippen LogP contribution in [0.25, 0.3) is 6.08 Å². The van der Waals surface area contributed by atoms with E-state index in [1.165, 1.54) is 30.3 Å². The lowest BCUT2D eigenvalue weighted by atomic mass is 10.2. The van der Waals surface area contributed by atoms with Crippen LogP contribution in [0.1, 0.15) is 5.56 Å². The third kappa shape index (κ3) is 6.21. The standard InChI is InChI=1S/C18H17ClN2O5S/c1-26-18(23)12-20-27(24,25)15-9-7-14(8-10-15)21-17(22)11-6-13-4-2-3-5-16(13)19/h2-11,20H,12H2,1H3,(H,21,22)/b11-6+. The fourth-order valence-electron chi connectivity index (χ4n) is 1.99. The van der Waals surface area contributed by atoms with Crippen molar-refractivity contribution in [3.63, 3.8) is 0 Å². The number of esters is 1. The minimum atomic E-state index is -3.85. The fraction of sp³-hybridized carbons (Fsp3) is 0.111. The van der Waals surface area contributed by atoms with Crippen molar-refractivity contribution in [1.82, 2.24) is 4.72 Å². The molecule has 0 radical (unpaired) electrons. The Bertz CT molecular complexity index is 956. The van der Waals surface area contributed by atoms with Crippen molar-refractivity contribution >= 4 is 45.3 Å². The Labute approximate surface area is 162 Å². The number of hydrogen-bond donors (Lipinski definition) is 2. The lowest BCUT2D eigenvalue weighted by Crippen LogP contribution is -2.30. The zero-order valence-electron chi connectivity index (χ0n) is 14.3. The van der Waals surface area contributed by atoms with E-state index in [1.807, 2.05) is 0 Å². The maximum Gasteiger partial charge on any atom is 0.320 e. The van der Waals surface area contributed by atoms with Gasteiger partial charge in [0.15, 0.2) is 0 Å². The minimum absolute atomic E-state index is 0.0454. The van der Waals surface area contributed by atoms with Crippen molar-refractivity contribution in [3.05, 3.63) is 65.2 Å². The molecule has 0 saturated carbocycles. The number of sulfonamides is 1. The third-order valence-electron chi connectivity index (χ3n) is 3.39. The summed E-state index contributed by atoms with van der Waals surface area (Å²) in [5.41, 5.74) is 1.11. The first-order valence-corrected chi connectivity index (χ1v) is 9.58. The van der Waals surface area contributed by atoms with Gasteiger partial charge in [-0.05, 0) is 42.0 Å². The molecule has 0 spiro atoms. The number of hydrogen-bond acceptors (Lipinski definition) is 5. The maximum absolute atomic E-state index is 12.0. The smallest absolute Gasteiger partial charge is 0.320 e. The molecule has 27 heavy (non-hydrogen) atoms. The first-order valence-electron chi connectivity index (χ1n) is 7.72. The number of halogens is 1. The Hall–Kier alpha value is -2.68. The van der Waals surface area contributed by atoms with E-state index < -0.39 is 28.4 Å². The van der Waals surface area contributed by atoms with E-state index in [9.17, 15) is 18.0 Å². The average molecular weight is 409 g/mol. The highest BCUT2D eigenvalue weighted by Gasteiger charge is 2.15. The molecule has 0 fully saturated rings. The largest absolute Gasteiger partial charge is 0.468 e. The van der Waals surface area contributed by atoms with Gasteiger partial charge < -0.3 is 10.1 Å². The second-order valence-corrected chi connectivity index (χ2v) is 7.44. The van der Waals surface area contributed by atoms with E-state index in [2.05, 4.69) is 14.8 Å². The summed E-state index contributed by atoms with van der Waals surface area (Å²) in [6.45, 7) is -0.468. The molecule has 0 atom stereocenters. The van der Waals surface area contributed by atoms with Crippen LogP contribution in [-0.4, -0.2) is 33.9 Å². The van der Waals surface area contributed by atoms with Gasteiger partial charge in [-0.25, -0.2) is 8.42 Å². The number of methoxy groups -OCH3 is 1. The van der Waals surface area contributed by atoms with E-state index in [0.29, 0.717) is 16.3 Å². The number of rotatable bonds is 7. The summed E-state index contributed by atoms with van der Waals surface area (Å²) in [5.74, 6) is -1.10. The van der Waals surface area contributed by atoms with Crippen molar-refractivity contribution < 1.29 is 22.7 Å². The van der Waals surface area contributed by atoms with E-state index in [-0.39, 0.29) is 4.90 Å². The topological polar surface area (TPSA) is 102 Å². The Kier molecular flexibility index (Phi) is 7.12. The molecular formula is C18H17ClN2O5S. The summed E-state index contributed by atoms with van der Waals surface area (Å²) in [6.07, 6.45) is 2.90. The van der Waals surface area contributed by atoms with Crippen molar-refractivity contribution in [3.8, 4) is 0 Å². The molecule has 7 nitrogen and oxygen atoms in total. The number of carbonyl (C=O) groups is 2. The monoisotopic (exact) mass is 408 g/mol. The zero-order valence-corrected chi connectivity index (χ0v) is 15.9. The summed E-state index contributed by atoms with van der Waals surface area (Å²) in [6, 6.07) is 12.6. The lowest BCUT2D eigenvalue weighted by Gasteiger charge is -2.07. The summed E-state index contributed by atoms with van der Waals surface area (Å²) in [5, 5.41) is 3.14. The van der Waals surface area contributed by atoms with Crippen LogP contribution in [0.5, 0.6) is 0 Å². The van der Waals surface area contributed by atoms with E-state index >= 15 is 0 Å². The van der Waals surface area contributed by atoms with Crippen LogP contribution in [0.3, 0.4) is 0 Å². The molecule has 0 bridgehead atoms. The van der Waals surface area contributed by atoms with Gasteiger partial charge in [0, 0.05) is 16.8 Å². The quantitative estimate of drug-likeness (QED) is 0.541. The highest BCUT2D eigenvalue weighted by Crippen LogP contribution is 2.17. The summed E-state index contributed by atoms with van der Waals surface area (Å²) < 4.78 is 30.6. The highest BCUT2D eigenvalue weighted by molar-refractivity contribution is 7.89. The van der Waals surface area contributed by atoms with Gasteiger partial charge in [0.25, 0.3) is 0 Å². The Balaban J connectivity index is 2.00. The van der Waals surface area contributed by atoms with E-state index in [4.69, 9.17) is 11.6 Å². The van der Waals surface area contributed by atoms with Crippen LogP contribution in [0.2, 0.25) is 5.02 Å². The summed E-state index contributed by atoms with van der Waals surface area (Å²) in [4.78, 5) is 23.0. The van der Waals surface area contributed by atoms with Crippen LogP contribution in [-0.2, 0) is 24.3 Å². The lowest BCUT2D eigenvalue weighted by molar-refractivity contribution is -0.139. The highest BCUT2D eigenvalue weighted by atomic mass is 35.5. The number of anilines is 1. The van der Waals surface area contributed by atoms with Crippen molar-refractivity contribution in [1.29, 1.82) is 0 Å². The molecule has 2 aromatic carbocycles. The first kappa shape index (κ1) is 20.6. The second-order valence-electron chi connectivity index (χ2n) is 5.27. The second kappa shape index (κ2) is 9.31. The van der Waals surface area contributed by atoms with Crippen molar-refractivity contribution in [2.45, 2.75) is 4.90 Å². The van der Waals surface area contributed by atoms with Crippen LogP contribution in [0.4, 0.5) is 5.69 Å². The van der Waals surface area contributed by atoms with Crippen LogP contribution >= 0.6 is 11.6 Å². The summed E-state index contributed by atoms with van der Waals surface area (Å²) in [7, 11) is -2.69. The molecule has 0 aliphatic heterocycles.